The third kappa shape index (κ3) is 4.67. The van der Waals surface area contributed by atoms with Crippen LogP contribution in [0.15, 0.2) is 42.5 Å². The second-order valence-electron chi connectivity index (χ2n) is 7.86. The van der Waals surface area contributed by atoms with E-state index >= 15 is 0 Å². The van der Waals surface area contributed by atoms with Crippen LogP contribution in [0.1, 0.15) is 42.7 Å². The van der Waals surface area contributed by atoms with Crippen molar-refractivity contribution in [1.82, 2.24) is 0 Å². The predicted octanol–water partition coefficient (Wildman–Crippen LogP) is 7.06. The van der Waals surface area contributed by atoms with Crippen molar-refractivity contribution in [3.63, 3.8) is 0 Å². The molecule has 1 heterocycles. The highest BCUT2D eigenvalue weighted by Gasteiger charge is 2.42. The summed E-state index contributed by atoms with van der Waals surface area (Å²) in [4.78, 5) is 11.8. The molecule has 3 atom stereocenters. The smallest absolute Gasteiger partial charge is 0.324 e. The van der Waals surface area contributed by atoms with Crippen molar-refractivity contribution < 1.29 is 22.8 Å². The van der Waals surface area contributed by atoms with Crippen LogP contribution in [-0.4, -0.2) is 17.2 Å². The molecule has 0 aliphatic heterocycles. The van der Waals surface area contributed by atoms with Gasteiger partial charge in [-0.2, -0.15) is 0 Å². The van der Waals surface area contributed by atoms with E-state index in [0.29, 0.717) is 12.0 Å². The summed E-state index contributed by atoms with van der Waals surface area (Å²) in [5.41, 5.74) is 0.945. The van der Waals surface area contributed by atoms with Gasteiger partial charge in [-0.25, -0.2) is 8.78 Å². The summed E-state index contributed by atoms with van der Waals surface area (Å²) < 4.78 is 47.0. The molecule has 0 radical (unpaired) electrons. The van der Waals surface area contributed by atoms with Gasteiger partial charge in [0.2, 0.25) is 0 Å². The van der Waals surface area contributed by atoms with Crippen LogP contribution >= 0.6 is 18.9 Å². The Kier molecular flexibility index (Phi) is 7.13. The molecule has 0 saturated heterocycles. The summed E-state index contributed by atoms with van der Waals surface area (Å²) in [6, 6.07) is 11.8. The lowest BCUT2D eigenvalue weighted by atomic mass is 9.87. The first-order valence-corrected chi connectivity index (χ1v) is 12.5. The Morgan fingerprint density at radius 1 is 1.13 bits per heavy atom. The van der Waals surface area contributed by atoms with Crippen LogP contribution in [0.3, 0.4) is 0 Å². The number of fused-ring (bicyclic) bond motifs is 1. The van der Waals surface area contributed by atoms with E-state index in [-0.39, 0.29) is 18.4 Å². The average Bonchev–Trinajstić information content (AvgIpc) is 3.00. The van der Waals surface area contributed by atoms with E-state index in [1.165, 1.54) is 12.1 Å². The highest BCUT2D eigenvalue weighted by atomic mass is 32.1. The first-order chi connectivity index (χ1) is 14.2. The molecule has 0 aliphatic carbocycles. The SMILES string of the molecule is CCOP(=O)(O)C(C(C)C)C(Cc1ccc(F)c(F)c1)c1sc2ccccc2c1C. The molecule has 162 valence electrons. The zero-order valence-electron chi connectivity index (χ0n) is 17.6. The minimum Gasteiger partial charge on any atom is -0.324 e. The minimum atomic E-state index is -3.96. The molecule has 0 fully saturated rings. The number of aryl methyl sites for hydroxylation is 1. The second kappa shape index (κ2) is 9.27. The molecular formula is C23H27F2O3PS. The molecule has 2 aromatic carbocycles. The molecule has 3 unspecified atom stereocenters. The molecule has 7 heteroatoms. The largest absolute Gasteiger partial charge is 0.332 e. The Morgan fingerprint density at radius 3 is 2.43 bits per heavy atom. The lowest BCUT2D eigenvalue weighted by Crippen LogP contribution is -2.27. The van der Waals surface area contributed by atoms with E-state index in [0.717, 1.165) is 26.6 Å². The molecule has 30 heavy (non-hydrogen) atoms. The Labute approximate surface area is 180 Å². The van der Waals surface area contributed by atoms with Crippen LogP contribution in [0.4, 0.5) is 8.78 Å². The molecule has 0 bridgehead atoms. The fourth-order valence-corrected chi connectivity index (χ4v) is 7.64. The van der Waals surface area contributed by atoms with Gasteiger partial charge < -0.3 is 9.42 Å². The van der Waals surface area contributed by atoms with Gasteiger partial charge in [0.1, 0.15) is 0 Å². The number of halogens is 2. The van der Waals surface area contributed by atoms with Gasteiger partial charge in [-0.1, -0.05) is 38.1 Å². The maximum atomic E-state index is 13.9. The van der Waals surface area contributed by atoms with Gasteiger partial charge in [0.15, 0.2) is 11.6 Å². The lowest BCUT2D eigenvalue weighted by Gasteiger charge is -2.33. The van der Waals surface area contributed by atoms with Gasteiger partial charge in [-0.15, -0.1) is 11.3 Å². The quantitative estimate of drug-likeness (QED) is 0.372. The van der Waals surface area contributed by atoms with Crippen LogP contribution in [0.5, 0.6) is 0 Å². The Bertz CT molecular complexity index is 1080. The van der Waals surface area contributed by atoms with Crippen LogP contribution in [0.25, 0.3) is 10.1 Å². The second-order valence-corrected chi connectivity index (χ2v) is 10.9. The standard InChI is InChI=1S/C23H27F2O3PS/c1-5-28-29(26,27)22(14(2)3)18(12-16-10-11-19(24)20(25)13-16)23-15(4)17-8-6-7-9-21(17)30-23/h6-11,13-14,18,22H,5,12H2,1-4H3,(H,26,27). The Balaban J connectivity index is 2.17. The highest BCUT2D eigenvalue weighted by Crippen LogP contribution is 2.57. The van der Waals surface area contributed by atoms with Gasteiger partial charge >= 0.3 is 7.60 Å². The van der Waals surface area contributed by atoms with E-state index < -0.39 is 24.9 Å². The maximum Gasteiger partial charge on any atom is 0.332 e. The van der Waals surface area contributed by atoms with Gasteiger partial charge in [0, 0.05) is 15.5 Å². The molecule has 1 aromatic heterocycles. The zero-order chi connectivity index (χ0) is 22.1. The summed E-state index contributed by atoms with van der Waals surface area (Å²) in [7, 11) is -3.96. The van der Waals surface area contributed by atoms with E-state index in [9.17, 15) is 18.2 Å². The molecule has 0 saturated carbocycles. The van der Waals surface area contributed by atoms with Crippen molar-refractivity contribution in [3.05, 3.63) is 70.1 Å². The molecule has 3 nitrogen and oxygen atoms in total. The predicted molar refractivity (Wildman–Crippen MR) is 119 cm³/mol. The minimum absolute atomic E-state index is 0.125. The number of hydrogen-bond donors (Lipinski definition) is 1. The van der Waals surface area contributed by atoms with Crippen molar-refractivity contribution in [2.75, 3.05) is 6.61 Å². The molecular weight excluding hydrogens is 425 g/mol. The molecule has 0 aliphatic rings. The van der Waals surface area contributed by atoms with Crippen LogP contribution < -0.4 is 0 Å². The summed E-state index contributed by atoms with van der Waals surface area (Å²) in [6.07, 6.45) is 0.311. The first kappa shape index (κ1) is 23.1. The molecule has 0 amide bonds. The fraction of sp³-hybridized carbons (Fsp3) is 0.391. The van der Waals surface area contributed by atoms with Crippen LogP contribution in [-0.2, 0) is 15.5 Å². The normalized spacial score (nSPS) is 16.0. The van der Waals surface area contributed by atoms with Crippen LogP contribution in [0, 0.1) is 24.5 Å². The molecule has 3 aromatic rings. The third-order valence-electron chi connectivity index (χ3n) is 5.44. The number of thiophene rings is 1. The van der Waals surface area contributed by atoms with Crippen molar-refractivity contribution in [2.24, 2.45) is 5.92 Å². The fourth-order valence-electron chi connectivity index (χ4n) is 4.18. The zero-order valence-corrected chi connectivity index (χ0v) is 19.3. The van der Waals surface area contributed by atoms with E-state index in [1.807, 2.05) is 45.0 Å². The summed E-state index contributed by atoms with van der Waals surface area (Å²) in [5, 5.41) is 1.10. The Morgan fingerprint density at radius 2 is 1.83 bits per heavy atom. The van der Waals surface area contributed by atoms with Crippen molar-refractivity contribution >= 4 is 29.0 Å². The average molecular weight is 453 g/mol. The lowest BCUT2D eigenvalue weighted by molar-refractivity contribution is 0.249. The van der Waals surface area contributed by atoms with E-state index in [2.05, 4.69) is 0 Å². The van der Waals surface area contributed by atoms with Crippen molar-refractivity contribution in [3.8, 4) is 0 Å². The number of benzene rings is 2. The van der Waals surface area contributed by atoms with Gasteiger partial charge in [-0.05, 0) is 60.9 Å². The van der Waals surface area contributed by atoms with Crippen molar-refractivity contribution in [2.45, 2.75) is 45.7 Å². The highest BCUT2D eigenvalue weighted by molar-refractivity contribution is 7.53. The summed E-state index contributed by atoms with van der Waals surface area (Å²) >= 11 is 1.58. The Hall–Kier alpha value is -1.59. The monoisotopic (exact) mass is 452 g/mol. The third-order valence-corrected chi connectivity index (χ3v) is 9.19. The molecule has 3 rings (SSSR count). The number of rotatable bonds is 8. The first-order valence-electron chi connectivity index (χ1n) is 10.0. The summed E-state index contributed by atoms with van der Waals surface area (Å²) in [5.74, 6) is -2.37. The maximum absolute atomic E-state index is 13.9. The van der Waals surface area contributed by atoms with Crippen LogP contribution in [0.2, 0.25) is 0 Å². The van der Waals surface area contributed by atoms with Gasteiger partial charge in [-0.3, -0.25) is 4.57 Å². The van der Waals surface area contributed by atoms with Gasteiger partial charge in [0.05, 0.1) is 12.3 Å². The van der Waals surface area contributed by atoms with E-state index in [4.69, 9.17) is 4.52 Å². The topological polar surface area (TPSA) is 46.5 Å². The molecule has 1 N–H and O–H groups in total. The molecule has 0 spiro atoms. The van der Waals surface area contributed by atoms with E-state index in [1.54, 1.807) is 18.3 Å². The number of hydrogen-bond acceptors (Lipinski definition) is 3. The summed E-state index contributed by atoms with van der Waals surface area (Å²) in [6.45, 7) is 7.61. The van der Waals surface area contributed by atoms with Crippen molar-refractivity contribution in [1.29, 1.82) is 0 Å². The van der Waals surface area contributed by atoms with Gasteiger partial charge in [0.25, 0.3) is 0 Å².